The van der Waals surface area contributed by atoms with Gasteiger partial charge in [-0.2, -0.15) is 16.4 Å². The molecule has 1 amide bonds. The van der Waals surface area contributed by atoms with Crippen LogP contribution in [0.1, 0.15) is 11.6 Å². The number of benzene rings is 1. The number of carbonyl (C=O) groups is 1. The van der Waals surface area contributed by atoms with Crippen molar-refractivity contribution in [3.8, 4) is 11.5 Å². The fraction of sp³-hybridized carbons (Fsp3) is 0.222. The highest BCUT2D eigenvalue weighted by Crippen LogP contribution is 2.30. The minimum atomic E-state index is -0.657. The molecule has 0 fully saturated rings. The number of nitrogens with one attached hydrogen (secondary N) is 1. The molecule has 2 atom stereocenters. The van der Waals surface area contributed by atoms with Crippen LogP contribution >= 0.6 is 11.3 Å². The van der Waals surface area contributed by atoms with Gasteiger partial charge in [0.1, 0.15) is 6.61 Å². The molecule has 1 aliphatic heterocycles. The van der Waals surface area contributed by atoms with Crippen molar-refractivity contribution in [1.29, 1.82) is 0 Å². The van der Waals surface area contributed by atoms with Crippen molar-refractivity contribution < 1.29 is 14.3 Å². The van der Waals surface area contributed by atoms with Gasteiger partial charge in [-0.3, -0.25) is 9.48 Å². The highest BCUT2D eigenvalue weighted by Gasteiger charge is 2.28. The second kappa shape index (κ2) is 6.98. The van der Waals surface area contributed by atoms with Crippen LogP contribution < -0.4 is 14.8 Å². The number of fused-ring (bicyclic) bond motifs is 1. The maximum absolute atomic E-state index is 12.5. The summed E-state index contributed by atoms with van der Waals surface area (Å²) in [5.74, 6) is 1.07. The van der Waals surface area contributed by atoms with E-state index in [0.717, 1.165) is 5.56 Å². The zero-order valence-electron chi connectivity index (χ0n) is 13.4. The van der Waals surface area contributed by atoms with Crippen molar-refractivity contribution in [2.45, 2.75) is 12.1 Å². The first-order chi connectivity index (χ1) is 12.3. The fourth-order valence-electron chi connectivity index (χ4n) is 2.75. The third-order valence-corrected chi connectivity index (χ3v) is 4.74. The molecule has 0 saturated carbocycles. The molecular weight excluding hydrogens is 338 g/mol. The quantitative estimate of drug-likeness (QED) is 0.764. The Balaban J connectivity index is 1.42. The Labute approximate surface area is 149 Å². The highest BCUT2D eigenvalue weighted by atomic mass is 32.1. The number of rotatable bonds is 5. The molecule has 128 valence electrons. The van der Waals surface area contributed by atoms with E-state index < -0.39 is 6.10 Å². The molecule has 0 radical (unpaired) electrons. The first-order valence-corrected chi connectivity index (χ1v) is 8.93. The van der Waals surface area contributed by atoms with Crippen molar-refractivity contribution in [3.63, 3.8) is 0 Å². The summed E-state index contributed by atoms with van der Waals surface area (Å²) in [5, 5.41) is 11.3. The Kier molecular flexibility index (Phi) is 4.39. The van der Waals surface area contributed by atoms with E-state index in [1.807, 2.05) is 46.6 Å². The molecule has 25 heavy (non-hydrogen) atoms. The number of hydrogen-bond acceptors (Lipinski definition) is 5. The number of thiophene rings is 1. The lowest BCUT2D eigenvalue weighted by Crippen LogP contribution is -2.45. The first-order valence-electron chi connectivity index (χ1n) is 7.98. The van der Waals surface area contributed by atoms with E-state index in [1.54, 1.807) is 23.6 Å². The third kappa shape index (κ3) is 3.36. The average Bonchev–Trinajstić information content (AvgIpc) is 3.36. The molecule has 2 aromatic heterocycles. The molecule has 3 heterocycles. The second-order valence-electron chi connectivity index (χ2n) is 5.67. The van der Waals surface area contributed by atoms with Crippen LogP contribution in [0.5, 0.6) is 11.5 Å². The summed E-state index contributed by atoms with van der Waals surface area (Å²) in [7, 11) is 0. The zero-order chi connectivity index (χ0) is 17.1. The van der Waals surface area contributed by atoms with Gasteiger partial charge in [0.15, 0.2) is 11.5 Å². The van der Waals surface area contributed by atoms with Gasteiger partial charge >= 0.3 is 0 Å². The summed E-state index contributed by atoms with van der Waals surface area (Å²) in [5.41, 5.74) is 1.11. The lowest BCUT2D eigenvalue weighted by atomic mass is 10.1. The van der Waals surface area contributed by atoms with Gasteiger partial charge in [0.05, 0.1) is 6.04 Å². The topological polar surface area (TPSA) is 65.4 Å². The van der Waals surface area contributed by atoms with Crippen molar-refractivity contribution in [2.75, 3.05) is 13.2 Å². The molecule has 4 rings (SSSR count). The monoisotopic (exact) mass is 355 g/mol. The lowest BCUT2D eigenvalue weighted by Gasteiger charge is -2.26. The van der Waals surface area contributed by atoms with E-state index in [4.69, 9.17) is 9.47 Å². The number of carbonyl (C=O) groups excluding carboxylic acids is 1. The lowest BCUT2D eigenvalue weighted by molar-refractivity contribution is -0.130. The van der Waals surface area contributed by atoms with Gasteiger partial charge in [-0.1, -0.05) is 12.1 Å². The molecule has 0 aliphatic carbocycles. The van der Waals surface area contributed by atoms with Gasteiger partial charge in [0.25, 0.3) is 5.91 Å². The molecule has 0 spiro atoms. The molecule has 7 heteroatoms. The maximum Gasteiger partial charge on any atom is 0.264 e. The smallest absolute Gasteiger partial charge is 0.264 e. The maximum atomic E-state index is 12.5. The molecular formula is C18H17N3O3S. The summed E-state index contributed by atoms with van der Waals surface area (Å²) in [6, 6.07) is 11.2. The fourth-order valence-corrected chi connectivity index (χ4v) is 3.46. The Hall–Kier alpha value is -2.80. The van der Waals surface area contributed by atoms with E-state index in [1.165, 1.54) is 0 Å². The van der Waals surface area contributed by atoms with Crippen LogP contribution in [-0.2, 0) is 4.79 Å². The van der Waals surface area contributed by atoms with Crippen LogP contribution in [0, 0.1) is 0 Å². The number of aromatic nitrogens is 2. The van der Waals surface area contributed by atoms with E-state index in [-0.39, 0.29) is 18.6 Å². The van der Waals surface area contributed by atoms with Crippen LogP contribution in [0.15, 0.2) is 59.6 Å². The van der Waals surface area contributed by atoms with E-state index >= 15 is 0 Å². The minimum absolute atomic E-state index is 0.0537. The summed E-state index contributed by atoms with van der Waals surface area (Å²) >= 11 is 1.62. The number of amides is 1. The molecule has 6 nitrogen and oxygen atoms in total. The highest BCUT2D eigenvalue weighted by molar-refractivity contribution is 7.07. The van der Waals surface area contributed by atoms with Gasteiger partial charge in [0.2, 0.25) is 6.10 Å². The van der Waals surface area contributed by atoms with E-state index in [2.05, 4.69) is 15.8 Å². The van der Waals surface area contributed by atoms with Gasteiger partial charge in [-0.05, 0) is 40.6 Å². The number of hydrogen-bond donors (Lipinski definition) is 1. The number of para-hydroxylation sites is 2. The van der Waals surface area contributed by atoms with Gasteiger partial charge in [-0.25, -0.2) is 0 Å². The molecule has 0 saturated heterocycles. The van der Waals surface area contributed by atoms with Crippen molar-refractivity contribution >= 4 is 17.2 Å². The Morgan fingerprint density at radius 1 is 1.32 bits per heavy atom. The summed E-state index contributed by atoms with van der Waals surface area (Å²) in [6.45, 7) is 0.631. The SMILES string of the molecule is O=C(NC[C@H](c1ccsc1)n1cccn1)[C@@H]1COc2ccccc2O1. The van der Waals surface area contributed by atoms with Crippen LogP contribution in [0.3, 0.4) is 0 Å². The van der Waals surface area contributed by atoms with Crippen LogP contribution in [0.25, 0.3) is 0 Å². The van der Waals surface area contributed by atoms with Crippen molar-refractivity contribution in [2.24, 2.45) is 0 Å². The normalized spacial score (nSPS) is 17.0. The van der Waals surface area contributed by atoms with Gasteiger partial charge in [-0.15, -0.1) is 0 Å². The Bertz CT molecular complexity index is 799. The third-order valence-electron chi connectivity index (χ3n) is 4.04. The predicted molar refractivity (Wildman–Crippen MR) is 94.0 cm³/mol. The first kappa shape index (κ1) is 15.7. The minimum Gasteiger partial charge on any atom is -0.485 e. The molecule has 1 aromatic carbocycles. The van der Waals surface area contributed by atoms with Crippen LogP contribution in [0.2, 0.25) is 0 Å². The summed E-state index contributed by atoms with van der Waals surface area (Å²) < 4.78 is 13.2. The Morgan fingerprint density at radius 3 is 2.96 bits per heavy atom. The Morgan fingerprint density at radius 2 is 2.20 bits per heavy atom. The van der Waals surface area contributed by atoms with E-state index in [9.17, 15) is 4.79 Å². The molecule has 0 bridgehead atoms. The van der Waals surface area contributed by atoms with Gasteiger partial charge < -0.3 is 14.8 Å². The molecule has 1 N–H and O–H groups in total. The average molecular weight is 355 g/mol. The van der Waals surface area contributed by atoms with Crippen LogP contribution in [-0.4, -0.2) is 34.9 Å². The number of nitrogens with zero attached hydrogens (tertiary/aromatic N) is 2. The molecule has 1 aliphatic rings. The standard InChI is InChI=1S/C18H17N3O3S/c22-18(17-11-23-15-4-1-2-5-16(15)24-17)19-10-14(13-6-9-25-12-13)21-8-3-7-20-21/h1-9,12,14,17H,10-11H2,(H,19,22)/t14-,17+/m1/s1. The van der Waals surface area contributed by atoms with E-state index in [0.29, 0.717) is 18.0 Å². The molecule has 0 unspecified atom stereocenters. The van der Waals surface area contributed by atoms with Crippen molar-refractivity contribution in [3.05, 3.63) is 65.1 Å². The van der Waals surface area contributed by atoms with Crippen molar-refractivity contribution in [1.82, 2.24) is 15.1 Å². The second-order valence-corrected chi connectivity index (χ2v) is 6.45. The zero-order valence-corrected chi connectivity index (χ0v) is 14.2. The number of ether oxygens (including phenoxy) is 2. The summed E-state index contributed by atoms with van der Waals surface area (Å²) in [4.78, 5) is 12.5. The predicted octanol–water partition coefficient (Wildman–Crippen LogP) is 2.49. The molecule has 3 aromatic rings. The van der Waals surface area contributed by atoms with Gasteiger partial charge in [0, 0.05) is 18.9 Å². The van der Waals surface area contributed by atoms with Crippen LogP contribution in [0.4, 0.5) is 0 Å². The largest absolute Gasteiger partial charge is 0.485 e. The summed E-state index contributed by atoms with van der Waals surface area (Å²) in [6.07, 6.45) is 2.97.